The topological polar surface area (TPSA) is 3.88 Å². The maximum absolute atomic E-state index is 2.41. The van der Waals surface area contributed by atoms with Gasteiger partial charge in [-0.05, 0) is 59.8 Å². The third-order valence-electron chi connectivity index (χ3n) is 4.01. The second kappa shape index (κ2) is 11.9. The molecule has 0 aliphatic rings. The number of rotatable bonds is 10. The van der Waals surface area contributed by atoms with Crippen LogP contribution in [0.2, 0.25) is 0 Å². The molecule has 0 saturated carbocycles. The first-order valence-corrected chi connectivity index (χ1v) is 8.96. The predicted molar refractivity (Wildman–Crippen MR) is 101 cm³/mol. The van der Waals surface area contributed by atoms with Gasteiger partial charge in [0.15, 0.2) is 12.4 Å². The van der Waals surface area contributed by atoms with Crippen molar-refractivity contribution in [2.75, 3.05) is 0 Å². The number of nitrogens with zero attached hydrogens (tertiary/aromatic N) is 1. The Hall–Kier alpha value is -1.63. The molecule has 0 atom stereocenters. The number of unbranched alkanes of at least 4 members (excludes halogenated alkanes) is 1. The van der Waals surface area contributed by atoms with E-state index >= 15 is 0 Å². The van der Waals surface area contributed by atoms with Gasteiger partial charge in [0, 0.05) is 18.6 Å². The molecule has 0 N–H and O–H groups in total. The van der Waals surface area contributed by atoms with Crippen molar-refractivity contribution in [3.63, 3.8) is 0 Å². The van der Waals surface area contributed by atoms with Crippen LogP contribution in [-0.2, 0) is 6.54 Å². The Labute approximate surface area is 143 Å². The van der Waals surface area contributed by atoms with Crippen molar-refractivity contribution in [3.05, 3.63) is 65.5 Å². The van der Waals surface area contributed by atoms with Crippen LogP contribution < -0.4 is 4.57 Å². The molecule has 0 amide bonds. The van der Waals surface area contributed by atoms with E-state index in [2.05, 4.69) is 81.1 Å². The van der Waals surface area contributed by atoms with Crippen LogP contribution in [0.3, 0.4) is 0 Å². The maximum Gasteiger partial charge on any atom is 0.168 e. The van der Waals surface area contributed by atoms with Gasteiger partial charge in [-0.2, -0.15) is 0 Å². The lowest BCUT2D eigenvalue weighted by Gasteiger charge is -2.01. The van der Waals surface area contributed by atoms with E-state index in [1.165, 1.54) is 55.2 Å². The van der Waals surface area contributed by atoms with Crippen molar-refractivity contribution < 1.29 is 4.57 Å². The van der Waals surface area contributed by atoms with Crippen molar-refractivity contribution in [1.29, 1.82) is 0 Å². The zero-order chi connectivity index (χ0) is 16.9. The average Bonchev–Trinajstić information content (AvgIpc) is 2.52. The summed E-state index contributed by atoms with van der Waals surface area (Å²) in [5, 5.41) is 0. The van der Waals surface area contributed by atoms with E-state index < -0.39 is 0 Å². The molecule has 0 saturated heterocycles. The lowest BCUT2D eigenvalue weighted by atomic mass is 10.1. The van der Waals surface area contributed by atoms with Crippen LogP contribution in [0.5, 0.6) is 0 Å². The van der Waals surface area contributed by atoms with Crippen LogP contribution in [0.4, 0.5) is 0 Å². The van der Waals surface area contributed by atoms with Gasteiger partial charge in [-0.25, -0.2) is 4.57 Å². The van der Waals surface area contributed by atoms with Gasteiger partial charge in [-0.1, -0.05) is 41.0 Å². The number of aromatic nitrogens is 1. The van der Waals surface area contributed by atoms with Crippen molar-refractivity contribution in [3.8, 4) is 0 Å². The van der Waals surface area contributed by atoms with E-state index in [1.54, 1.807) is 0 Å². The largest absolute Gasteiger partial charge is 0.205 e. The average molecular weight is 313 g/mol. The van der Waals surface area contributed by atoms with Crippen molar-refractivity contribution in [2.24, 2.45) is 0 Å². The fourth-order valence-corrected chi connectivity index (χ4v) is 2.54. The molecule has 23 heavy (non-hydrogen) atoms. The maximum atomic E-state index is 2.41. The minimum Gasteiger partial charge on any atom is -0.205 e. The second-order valence-corrected chi connectivity index (χ2v) is 6.72. The third-order valence-corrected chi connectivity index (χ3v) is 4.01. The number of hydrogen-bond acceptors (Lipinski definition) is 0. The molecular weight excluding hydrogens is 278 g/mol. The SMILES string of the molecule is CC(C)=CCC/C(C)=C/CC/C(C)=C/CCC[n+]1ccccc1. The van der Waals surface area contributed by atoms with Gasteiger partial charge in [-0.15, -0.1) is 0 Å². The molecule has 126 valence electrons. The Morgan fingerprint density at radius 3 is 1.91 bits per heavy atom. The Balaban J connectivity index is 2.17. The zero-order valence-corrected chi connectivity index (χ0v) is 15.5. The molecule has 1 heterocycles. The Morgan fingerprint density at radius 1 is 0.739 bits per heavy atom. The molecular formula is C22H34N+. The minimum absolute atomic E-state index is 1.11. The molecule has 0 spiro atoms. The van der Waals surface area contributed by atoms with Crippen LogP contribution in [0.15, 0.2) is 65.5 Å². The van der Waals surface area contributed by atoms with Crippen LogP contribution in [0.1, 0.15) is 66.2 Å². The van der Waals surface area contributed by atoms with E-state index in [0.717, 1.165) is 6.54 Å². The molecule has 1 nitrogen and oxygen atoms in total. The normalized spacial score (nSPS) is 12.3. The Kier molecular flexibility index (Phi) is 10.0. The zero-order valence-electron chi connectivity index (χ0n) is 15.5. The van der Waals surface area contributed by atoms with E-state index in [-0.39, 0.29) is 0 Å². The Morgan fingerprint density at radius 2 is 1.30 bits per heavy atom. The van der Waals surface area contributed by atoms with E-state index in [0.29, 0.717) is 0 Å². The van der Waals surface area contributed by atoms with Crippen LogP contribution in [-0.4, -0.2) is 0 Å². The van der Waals surface area contributed by atoms with Crippen LogP contribution in [0.25, 0.3) is 0 Å². The summed E-state index contributed by atoms with van der Waals surface area (Å²) in [5.74, 6) is 0. The summed E-state index contributed by atoms with van der Waals surface area (Å²) in [6.07, 6.45) is 18.6. The highest BCUT2D eigenvalue weighted by molar-refractivity contribution is 5.05. The summed E-state index contributed by atoms with van der Waals surface area (Å²) < 4.78 is 2.25. The smallest absolute Gasteiger partial charge is 0.168 e. The highest BCUT2D eigenvalue weighted by Crippen LogP contribution is 2.12. The second-order valence-electron chi connectivity index (χ2n) is 6.72. The predicted octanol–water partition coefficient (Wildman–Crippen LogP) is 6.17. The van der Waals surface area contributed by atoms with Crippen LogP contribution >= 0.6 is 0 Å². The number of allylic oxidation sites excluding steroid dienone is 6. The lowest BCUT2D eigenvalue weighted by Crippen LogP contribution is -2.31. The molecule has 0 aliphatic carbocycles. The van der Waals surface area contributed by atoms with Gasteiger partial charge >= 0.3 is 0 Å². The first kappa shape index (κ1) is 19.4. The van der Waals surface area contributed by atoms with Crippen molar-refractivity contribution >= 4 is 0 Å². The van der Waals surface area contributed by atoms with E-state index in [4.69, 9.17) is 0 Å². The summed E-state index contributed by atoms with van der Waals surface area (Å²) in [6, 6.07) is 6.25. The van der Waals surface area contributed by atoms with E-state index in [1.807, 2.05) is 0 Å². The van der Waals surface area contributed by atoms with Gasteiger partial charge in [0.2, 0.25) is 0 Å². The summed E-state index contributed by atoms with van der Waals surface area (Å²) >= 11 is 0. The summed E-state index contributed by atoms with van der Waals surface area (Å²) in [4.78, 5) is 0. The molecule has 0 fully saturated rings. The first-order valence-electron chi connectivity index (χ1n) is 8.96. The monoisotopic (exact) mass is 312 g/mol. The summed E-state index contributed by atoms with van der Waals surface area (Å²) in [7, 11) is 0. The highest BCUT2D eigenvalue weighted by atomic mass is 14.9. The van der Waals surface area contributed by atoms with Crippen molar-refractivity contribution in [2.45, 2.75) is 72.8 Å². The first-order chi connectivity index (χ1) is 11.1. The molecule has 0 unspecified atom stereocenters. The molecule has 0 bridgehead atoms. The third kappa shape index (κ3) is 10.7. The van der Waals surface area contributed by atoms with Crippen molar-refractivity contribution in [1.82, 2.24) is 0 Å². The minimum atomic E-state index is 1.11. The fourth-order valence-electron chi connectivity index (χ4n) is 2.54. The lowest BCUT2D eigenvalue weighted by molar-refractivity contribution is -0.697. The molecule has 0 aromatic carbocycles. The molecule has 1 rings (SSSR count). The number of pyridine rings is 1. The van der Waals surface area contributed by atoms with Gasteiger partial charge in [0.1, 0.15) is 6.54 Å². The quantitative estimate of drug-likeness (QED) is 0.276. The summed E-state index contributed by atoms with van der Waals surface area (Å²) in [6.45, 7) is 9.97. The van der Waals surface area contributed by atoms with Gasteiger partial charge in [0.25, 0.3) is 0 Å². The number of hydrogen-bond donors (Lipinski definition) is 0. The standard InChI is InChI=1S/C22H34N/c1-20(2)12-10-14-22(4)16-11-15-21(3)13-6-9-19-23-17-7-5-8-18-23/h5,7-8,12-13,16-18H,6,9-11,14-15,19H2,1-4H3/q+1/b21-13+,22-16+. The molecule has 0 aliphatic heterocycles. The Bertz CT molecular complexity index is 516. The molecule has 1 aromatic rings. The number of aryl methyl sites for hydroxylation is 1. The molecule has 0 radical (unpaired) electrons. The van der Waals surface area contributed by atoms with E-state index in [9.17, 15) is 0 Å². The van der Waals surface area contributed by atoms with Gasteiger partial charge in [0.05, 0.1) is 0 Å². The highest BCUT2D eigenvalue weighted by Gasteiger charge is 1.97. The fraction of sp³-hybridized carbons (Fsp3) is 0.500. The molecule has 1 heteroatoms. The molecule has 1 aromatic heterocycles. The van der Waals surface area contributed by atoms with Crippen LogP contribution in [0, 0.1) is 0 Å². The van der Waals surface area contributed by atoms with Gasteiger partial charge in [-0.3, -0.25) is 0 Å². The van der Waals surface area contributed by atoms with Gasteiger partial charge < -0.3 is 0 Å². The summed E-state index contributed by atoms with van der Waals surface area (Å²) in [5.41, 5.74) is 4.47.